The van der Waals surface area contributed by atoms with Crippen LogP contribution in [0, 0.1) is 31.1 Å². The van der Waals surface area contributed by atoms with E-state index in [1.165, 1.54) is 18.3 Å². The lowest BCUT2D eigenvalue weighted by Gasteiger charge is -2.14. The Bertz CT molecular complexity index is 1000. The van der Waals surface area contributed by atoms with E-state index in [2.05, 4.69) is 10.6 Å². The monoisotopic (exact) mass is 411 g/mol. The molecule has 1 heterocycles. The van der Waals surface area contributed by atoms with E-state index in [0.29, 0.717) is 21.8 Å². The van der Waals surface area contributed by atoms with E-state index in [1.807, 2.05) is 13.0 Å². The molecule has 1 saturated carbocycles. The Morgan fingerprint density at radius 1 is 1.17 bits per heavy atom. The molecular formula is C21H21N3O4S. The second-order valence-electron chi connectivity index (χ2n) is 6.98. The molecule has 0 spiro atoms. The predicted molar refractivity (Wildman–Crippen MR) is 110 cm³/mol. The van der Waals surface area contributed by atoms with Gasteiger partial charge in [0.05, 0.1) is 17.2 Å². The van der Waals surface area contributed by atoms with Crippen molar-refractivity contribution in [1.82, 2.24) is 0 Å². The van der Waals surface area contributed by atoms with Gasteiger partial charge >= 0.3 is 5.97 Å². The highest BCUT2D eigenvalue weighted by Crippen LogP contribution is 2.36. The number of thiophene rings is 1. The van der Waals surface area contributed by atoms with Gasteiger partial charge in [0.15, 0.2) is 6.10 Å². The van der Waals surface area contributed by atoms with Crippen LogP contribution in [-0.2, 0) is 14.3 Å². The molecule has 7 nitrogen and oxygen atoms in total. The van der Waals surface area contributed by atoms with Crippen LogP contribution < -0.4 is 10.6 Å². The Morgan fingerprint density at radius 3 is 2.41 bits per heavy atom. The Labute approximate surface area is 172 Å². The Hall–Kier alpha value is -3.18. The zero-order valence-corrected chi connectivity index (χ0v) is 17.2. The molecule has 3 rings (SSSR count). The Kier molecular flexibility index (Phi) is 5.99. The van der Waals surface area contributed by atoms with Crippen molar-refractivity contribution in [3.63, 3.8) is 0 Å². The van der Waals surface area contributed by atoms with Crippen LogP contribution in [0.5, 0.6) is 0 Å². The van der Waals surface area contributed by atoms with Crippen molar-refractivity contribution in [3.8, 4) is 6.07 Å². The van der Waals surface area contributed by atoms with Crippen LogP contribution in [0.3, 0.4) is 0 Å². The number of benzene rings is 1. The standard InChI is InChI=1S/C21H21N3O4S/c1-11-13(3)29-20(24-19(26)15-6-7-15)17(11)21(27)28-12(2)18(25)23-16-8-4-14(10-22)5-9-16/h4-5,8-9,12,15H,6-7H2,1-3H3,(H,23,25)(H,24,26)/t12-/m0/s1. The maximum atomic E-state index is 12.7. The lowest BCUT2D eigenvalue weighted by molar-refractivity contribution is -0.123. The van der Waals surface area contributed by atoms with Crippen LogP contribution in [0.4, 0.5) is 10.7 Å². The highest BCUT2D eigenvalue weighted by Gasteiger charge is 2.32. The first kappa shape index (κ1) is 20.6. The van der Waals surface area contributed by atoms with Gasteiger partial charge in [-0.2, -0.15) is 5.26 Å². The number of hydrogen-bond acceptors (Lipinski definition) is 6. The van der Waals surface area contributed by atoms with Crippen LogP contribution >= 0.6 is 11.3 Å². The minimum atomic E-state index is -1.04. The van der Waals surface area contributed by atoms with E-state index < -0.39 is 18.0 Å². The molecule has 2 amide bonds. The molecule has 1 aromatic carbocycles. The minimum absolute atomic E-state index is 0.0127. The van der Waals surface area contributed by atoms with Gasteiger partial charge < -0.3 is 15.4 Å². The fourth-order valence-corrected chi connectivity index (χ4v) is 3.72. The molecule has 0 bridgehead atoms. The number of rotatable bonds is 6. The number of nitrogens with one attached hydrogen (secondary N) is 2. The molecule has 1 aliphatic carbocycles. The summed E-state index contributed by atoms with van der Waals surface area (Å²) in [6.07, 6.45) is 0.688. The number of carbonyl (C=O) groups excluding carboxylic acids is 3. The molecule has 1 atom stereocenters. The van der Waals surface area contributed by atoms with Gasteiger partial charge in [-0.3, -0.25) is 9.59 Å². The molecule has 1 aliphatic rings. The summed E-state index contributed by atoms with van der Waals surface area (Å²) in [5, 5.41) is 14.7. The van der Waals surface area contributed by atoms with Crippen molar-refractivity contribution in [1.29, 1.82) is 5.26 Å². The molecule has 1 aromatic heterocycles. The summed E-state index contributed by atoms with van der Waals surface area (Å²) in [6, 6.07) is 8.36. The third-order valence-corrected chi connectivity index (χ3v) is 5.83. The highest BCUT2D eigenvalue weighted by atomic mass is 32.1. The van der Waals surface area contributed by atoms with Crippen LogP contribution in [0.15, 0.2) is 24.3 Å². The highest BCUT2D eigenvalue weighted by molar-refractivity contribution is 7.16. The fraction of sp³-hybridized carbons (Fsp3) is 0.333. The van der Waals surface area contributed by atoms with Crippen molar-refractivity contribution < 1.29 is 19.1 Å². The maximum absolute atomic E-state index is 12.7. The average molecular weight is 411 g/mol. The zero-order chi connectivity index (χ0) is 21.1. The minimum Gasteiger partial charge on any atom is -0.449 e. The number of hydrogen-bond donors (Lipinski definition) is 2. The fourth-order valence-electron chi connectivity index (χ4n) is 2.67. The van der Waals surface area contributed by atoms with E-state index in [4.69, 9.17) is 10.00 Å². The Morgan fingerprint density at radius 2 is 1.83 bits per heavy atom. The van der Waals surface area contributed by atoms with Gasteiger partial charge in [-0.25, -0.2) is 4.79 Å². The SMILES string of the molecule is Cc1sc(NC(=O)C2CC2)c(C(=O)O[C@@H](C)C(=O)Nc2ccc(C#N)cc2)c1C. The lowest BCUT2D eigenvalue weighted by Crippen LogP contribution is -2.30. The number of nitriles is 1. The average Bonchev–Trinajstić information content (AvgIpc) is 3.49. The molecule has 150 valence electrons. The molecule has 0 saturated heterocycles. The molecule has 0 unspecified atom stereocenters. The Balaban J connectivity index is 1.67. The van der Waals surface area contributed by atoms with Crippen LogP contribution in [0.1, 0.15) is 46.1 Å². The topological polar surface area (TPSA) is 108 Å². The molecule has 0 radical (unpaired) electrons. The van der Waals surface area contributed by atoms with Crippen LogP contribution in [-0.4, -0.2) is 23.9 Å². The summed E-state index contributed by atoms with van der Waals surface area (Å²) in [4.78, 5) is 38.1. The lowest BCUT2D eigenvalue weighted by atomic mass is 10.1. The molecule has 0 aliphatic heterocycles. The van der Waals surface area contributed by atoms with E-state index in [9.17, 15) is 14.4 Å². The van der Waals surface area contributed by atoms with E-state index in [0.717, 1.165) is 23.3 Å². The summed E-state index contributed by atoms with van der Waals surface area (Å²) in [7, 11) is 0. The number of anilines is 2. The van der Waals surface area contributed by atoms with Crippen molar-refractivity contribution in [2.75, 3.05) is 10.6 Å². The van der Waals surface area contributed by atoms with Crippen molar-refractivity contribution >= 4 is 39.8 Å². The first-order valence-corrected chi connectivity index (χ1v) is 10.0. The largest absolute Gasteiger partial charge is 0.449 e. The van der Waals surface area contributed by atoms with Crippen LogP contribution in [0.25, 0.3) is 0 Å². The molecule has 2 aromatic rings. The van der Waals surface area contributed by atoms with Crippen molar-refractivity contribution in [3.05, 3.63) is 45.8 Å². The van der Waals surface area contributed by atoms with Crippen molar-refractivity contribution in [2.24, 2.45) is 5.92 Å². The van der Waals surface area contributed by atoms with Gasteiger partial charge in [0.2, 0.25) is 5.91 Å². The third kappa shape index (κ3) is 4.81. The zero-order valence-electron chi connectivity index (χ0n) is 16.4. The first-order valence-electron chi connectivity index (χ1n) is 9.23. The second-order valence-corrected chi connectivity index (χ2v) is 8.20. The van der Waals surface area contributed by atoms with Gasteiger partial charge in [0, 0.05) is 16.5 Å². The summed E-state index contributed by atoms with van der Waals surface area (Å²) in [6.45, 7) is 5.13. The van der Waals surface area contributed by atoms with Gasteiger partial charge in [-0.1, -0.05) is 0 Å². The van der Waals surface area contributed by atoms with Crippen LogP contribution in [0.2, 0.25) is 0 Å². The van der Waals surface area contributed by atoms with Gasteiger partial charge in [0.1, 0.15) is 5.00 Å². The quantitative estimate of drug-likeness (QED) is 0.704. The smallest absolute Gasteiger partial charge is 0.342 e. The summed E-state index contributed by atoms with van der Waals surface area (Å²) in [5.74, 6) is -1.22. The number of amides is 2. The van der Waals surface area contributed by atoms with E-state index in [1.54, 1.807) is 31.2 Å². The van der Waals surface area contributed by atoms with E-state index in [-0.39, 0.29) is 11.8 Å². The third-order valence-electron chi connectivity index (χ3n) is 4.71. The molecule has 29 heavy (non-hydrogen) atoms. The summed E-state index contributed by atoms with van der Waals surface area (Å²) in [5.41, 5.74) is 1.99. The normalized spacial score (nSPS) is 13.9. The van der Waals surface area contributed by atoms with E-state index >= 15 is 0 Å². The number of nitrogens with zero attached hydrogens (tertiary/aromatic N) is 1. The number of aryl methyl sites for hydroxylation is 1. The van der Waals surface area contributed by atoms with Gasteiger partial charge in [-0.05, 0) is 63.4 Å². The first-order chi connectivity index (χ1) is 13.8. The molecule has 1 fully saturated rings. The summed E-state index contributed by atoms with van der Waals surface area (Å²) < 4.78 is 5.36. The maximum Gasteiger partial charge on any atom is 0.342 e. The molecular weight excluding hydrogens is 390 g/mol. The number of esters is 1. The summed E-state index contributed by atoms with van der Waals surface area (Å²) >= 11 is 1.32. The van der Waals surface area contributed by atoms with Crippen molar-refractivity contribution in [2.45, 2.75) is 39.7 Å². The van der Waals surface area contributed by atoms with Gasteiger partial charge in [-0.15, -0.1) is 11.3 Å². The molecule has 8 heteroatoms. The van der Waals surface area contributed by atoms with Gasteiger partial charge in [0.25, 0.3) is 5.91 Å². The number of carbonyl (C=O) groups is 3. The predicted octanol–water partition coefficient (Wildman–Crippen LogP) is 3.77. The second kappa shape index (κ2) is 8.45. The number of ether oxygens (including phenoxy) is 1. The molecule has 2 N–H and O–H groups in total.